The number of nitrogens with zero attached hydrogens (tertiary/aromatic N) is 3. The highest BCUT2D eigenvalue weighted by molar-refractivity contribution is 5.94. The summed E-state index contributed by atoms with van der Waals surface area (Å²) in [7, 11) is 1.96. The van der Waals surface area contributed by atoms with E-state index in [4.69, 9.17) is 5.73 Å². The molecule has 2 aromatic rings. The number of anilines is 2. The predicted molar refractivity (Wildman–Crippen MR) is 91.9 cm³/mol. The van der Waals surface area contributed by atoms with Gasteiger partial charge in [0.05, 0.1) is 5.56 Å². The van der Waals surface area contributed by atoms with Crippen LogP contribution in [0, 0.1) is 0 Å². The van der Waals surface area contributed by atoms with E-state index in [-0.39, 0.29) is 11.9 Å². The van der Waals surface area contributed by atoms with Crippen molar-refractivity contribution in [2.24, 2.45) is 5.73 Å². The van der Waals surface area contributed by atoms with Gasteiger partial charge < -0.3 is 15.5 Å². The van der Waals surface area contributed by atoms with E-state index in [0.717, 1.165) is 30.9 Å². The van der Waals surface area contributed by atoms with E-state index in [0.29, 0.717) is 12.1 Å². The van der Waals surface area contributed by atoms with Crippen molar-refractivity contribution < 1.29 is 4.79 Å². The van der Waals surface area contributed by atoms with Gasteiger partial charge in [0.25, 0.3) is 5.91 Å². The molecule has 0 spiro atoms. The van der Waals surface area contributed by atoms with Crippen LogP contribution in [0.1, 0.15) is 23.2 Å². The first-order valence-corrected chi connectivity index (χ1v) is 7.95. The number of carbonyl (C=O) groups excluding carboxylic acids is 1. The molecule has 1 aromatic carbocycles. The Kier molecular flexibility index (Phi) is 4.57. The fourth-order valence-electron chi connectivity index (χ4n) is 2.87. The molecule has 1 aliphatic rings. The number of nitrogens with two attached hydrogens (primary N) is 1. The molecule has 120 valence electrons. The Morgan fingerprint density at radius 1 is 1.26 bits per heavy atom. The van der Waals surface area contributed by atoms with Crippen LogP contribution in [-0.4, -0.2) is 42.0 Å². The molecule has 23 heavy (non-hydrogen) atoms. The number of likely N-dealkylation sites (tertiary alicyclic amines) is 1. The SMILES string of the molecule is CN(c1ccccc1)c1ccc(C(=O)N2CCCC(N)C2)cn1. The molecular weight excluding hydrogens is 288 g/mol. The first-order chi connectivity index (χ1) is 11.1. The lowest BCUT2D eigenvalue weighted by atomic mass is 10.1. The van der Waals surface area contributed by atoms with E-state index in [1.54, 1.807) is 6.20 Å². The first kappa shape index (κ1) is 15.5. The van der Waals surface area contributed by atoms with E-state index in [2.05, 4.69) is 4.98 Å². The smallest absolute Gasteiger partial charge is 0.255 e. The summed E-state index contributed by atoms with van der Waals surface area (Å²) >= 11 is 0. The zero-order chi connectivity index (χ0) is 16.2. The third-order valence-corrected chi connectivity index (χ3v) is 4.23. The molecule has 1 fully saturated rings. The number of aromatic nitrogens is 1. The van der Waals surface area contributed by atoms with Gasteiger partial charge in [0.15, 0.2) is 0 Å². The average molecular weight is 310 g/mol. The zero-order valence-electron chi connectivity index (χ0n) is 13.4. The number of amides is 1. The Morgan fingerprint density at radius 2 is 2.04 bits per heavy atom. The maximum Gasteiger partial charge on any atom is 0.255 e. The second-order valence-electron chi connectivity index (χ2n) is 5.95. The first-order valence-electron chi connectivity index (χ1n) is 7.95. The van der Waals surface area contributed by atoms with Crippen LogP contribution in [0.5, 0.6) is 0 Å². The van der Waals surface area contributed by atoms with Crippen molar-refractivity contribution in [3.63, 3.8) is 0 Å². The Balaban J connectivity index is 1.73. The summed E-state index contributed by atoms with van der Waals surface area (Å²) < 4.78 is 0. The summed E-state index contributed by atoms with van der Waals surface area (Å²) in [6, 6.07) is 13.8. The van der Waals surface area contributed by atoms with Crippen molar-refractivity contribution in [1.29, 1.82) is 0 Å². The van der Waals surface area contributed by atoms with Crippen molar-refractivity contribution in [2.45, 2.75) is 18.9 Å². The van der Waals surface area contributed by atoms with Crippen molar-refractivity contribution >= 4 is 17.4 Å². The summed E-state index contributed by atoms with van der Waals surface area (Å²) in [5.74, 6) is 0.824. The van der Waals surface area contributed by atoms with Crippen molar-refractivity contribution in [2.75, 3.05) is 25.0 Å². The van der Waals surface area contributed by atoms with Gasteiger partial charge in [-0.2, -0.15) is 0 Å². The van der Waals surface area contributed by atoms with Crippen LogP contribution in [0.4, 0.5) is 11.5 Å². The molecule has 1 saturated heterocycles. The van der Waals surface area contributed by atoms with E-state index < -0.39 is 0 Å². The molecule has 0 bridgehead atoms. The molecule has 3 rings (SSSR count). The standard InChI is InChI=1S/C18H22N4O/c1-21(16-7-3-2-4-8-16)17-10-9-14(12-20-17)18(23)22-11-5-6-15(19)13-22/h2-4,7-10,12,15H,5-6,11,13,19H2,1H3. The lowest BCUT2D eigenvalue weighted by molar-refractivity contribution is 0.0708. The molecule has 1 atom stereocenters. The molecule has 5 nitrogen and oxygen atoms in total. The molecule has 1 amide bonds. The molecule has 1 aliphatic heterocycles. The minimum Gasteiger partial charge on any atom is -0.337 e. The number of hydrogen-bond acceptors (Lipinski definition) is 4. The normalized spacial score (nSPS) is 17.8. The Hall–Kier alpha value is -2.40. The van der Waals surface area contributed by atoms with Crippen molar-refractivity contribution in [3.05, 3.63) is 54.2 Å². The van der Waals surface area contributed by atoms with E-state index in [9.17, 15) is 4.79 Å². The number of para-hydroxylation sites is 1. The highest BCUT2D eigenvalue weighted by atomic mass is 16.2. The summed E-state index contributed by atoms with van der Waals surface area (Å²) in [5.41, 5.74) is 7.62. The predicted octanol–water partition coefficient (Wildman–Crippen LogP) is 2.41. The van der Waals surface area contributed by atoms with Gasteiger partial charge in [-0.05, 0) is 37.1 Å². The van der Waals surface area contributed by atoms with Crippen LogP contribution in [0.25, 0.3) is 0 Å². The summed E-state index contributed by atoms with van der Waals surface area (Å²) in [4.78, 5) is 20.8. The average Bonchev–Trinajstić information content (AvgIpc) is 2.61. The molecule has 1 aromatic heterocycles. The third-order valence-electron chi connectivity index (χ3n) is 4.23. The van der Waals surface area contributed by atoms with Crippen LogP contribution < -0.4 is 10.6 Å². The highest BCUT2D eigenvalue weighted by Gasteiger charge is 2.22. The van der Waals surface area contributed by atoms with Crippen LogP contribution in [0.2, 0.25) is 0 Å². The lowest BCUT2D eigenvalue weighted by Crippen LogP contribution is -2.45. The molecule has 1 unspecified atom stereocenters. The minimum absolute atomic E-state index is 0.0153. The lowest BCUT2D eigenvalue weighted by Gasteiger charge is -2.30. The van der Waals surface area contributed by atoms with Crippen LogP contribution in [0.15, 0.2) is 48.7 Å². The van der Waals surface area contributed by atoms with Crippen LogP contribution in [-0.2, 0) is 0 Å². The maximum atomic E-state index is 12.5. The summed E-state index contributed by atoms with van der Waals surface area (Å²) in [5, 5.41) is 0. The van der Waals surface area contributed by atoms with E-state index in [1.807, 2.05) is 59.3 Å². The van der Waals surface area contributed by atoms with Gasteiger partial charge in [0.2, 0.25) is 0 Å². The highest BCUT2D eigenvalue weighted by Crippen LogP contribution is 2.21. The molecule has 0 radical (unpaired) electrons. The zero-order valence-corrected chi connectivity index (χ0v) is 13.4. The van der Waals surface area contributed by atoms with Gasteiger partial charge in [0, 0.05) is 38.1 Å². The van der Waals surface area contributed by atoms with Crippen molar-refractivity contribution in [3.8, 4) is 0 Å². The number of hydrogen-bond donors (Lipinski definition) is 1. The van der Waals surface area contributed by atoms with Gasteiger partial charge in [-0.25, -0.2) is 4.98 Å². The number of piperidine rings is 1. The van der Waals surface area contributed by atoms with Gasteiger partial charge in [-0.1, -0.05) is 18.2 Å². The second kappa shape index (κ2) is 6.79. The fourth-order valence-corrected chi connectivity index (χ4v) is 2.87. The molecule has 0 aliphatic carbocycles. The minimum atomic E-state index is 0.0153. The van der Waals surface area contributed by atoms with Gasteiger partial charge in [0.1, 0.15) is 5.82 Å². The molecule has 0 saturated carbocycles. The molecular formula is C18H22N4O. The Morgan fingerprint density at radius 3 is 2.70 bits per heavy atom. The Bertz CT molecular complexity index is 656. The topological polar surface area (TPSA) is 62.5 Å². The number of pyridine rings is 1. The summed E-state index contributed by atoms with van der Waals surface area (Å²) in [6.45, 7) is 1.41. The second-order valence-corrected chi connectivity index (χ2v) is 5.95. The number of benzene rings is 1. The van der Waals surface area contributed by atoms with Gasteiger partial charge in [-0.3, -0.25) is 4.79 Å². The number of carbonyl (C=O) groups is 1. The van der Waals surface area contributed by atoms with Gasteiger partial charge >= 0.3 is 0 Å². The van der Waals surface area contributed by atoms with Crippen LogP contribution >= 0.6 is 0 Å². The number of rotatable bonds is 3. The quantitative estimate of drug-likeness (QED) is 0.945. The summed E-state index contributed by atoms with van der Waals surface area (Å²) in [6.07, 6.45) is 3.61. The molecule has 2 heterocycles. The van der Waals surface area contributed by atoms with Crippen LogP contribution in [0.3, 0.4) is 0 Å². The van der Waals surface area contributed by atoms with Crippen molar-refractivity contribution in [1.82, 2.24) is 9.88 Å². The Labute approximate surface area is 136 Å². The third kappa shape index (κ3) is 3.51. The monoisotopic (exact) mass is 310 g/mol. The van der Waals surface area contributed by atoms with Gasteiger partial charge in [-0.15, -0.1) is 0 Å². The molecule has 5 heteroatoms. The largest absolute Gasteiger partial charge is 0.337 e. The molecule has 2 N–H and O–H groups in total. The van der Waals surface area contributed by atoms with E-state index >= 15 is 0 Å². The van der Waals surface area contributed by atoms with E-state index in [1.165, 1.54) is 0 Å². The fraction of sp³-hybridized carbons (Fsp3) is 0.333. The maximum absolute atomic E-state index is 12.5.